The van der Waals surface area contributed by atoms with Gasteiger partial charge in [-0.2, -0.15) is 0 Å². The molecule has 0 aliphatic heterocycles. The zero-order valence-electron chi connectivity index (χ0n) is 5.91. The maximum Gasteiger partial charge on any atom is 0.0645 e. The molecule has 0 aliphatic carbocycles. The fourth-order valence-electron chi connectivity index (χ4n) is 0.911. The normalized spacial score (nSPS) is 11.8. The van der Waals surface area contributed by atoms with Gasteiger partial charge in [-0.15, -0.1) is 0 Å². The third-order valence-corrected chi connectivity index (χ3v) is 1.36. The van der Waals surface area contributed by atoms with E-state index in [4.69, 9.17) is 1.37 Å². The minimum Gasteiger partial charge on any atom is -0.324 e. The molecule has 9 heavy (non-hydrogen) atoms. The SMILES string of the molecule is [2H]c1ccn2ccccc12. The van der Waals surface area contributed by atoms with Crippen molar-refractivity contribution in [3.8, 4) is 0 Å². The lowest BCUT2D eigenvalue weighted by Gasteiger charge is -1.88. The minimum absolute atomic E-state index is 0.584. The smallest absolute Gasteiger partial charge is 0.0645 e. The van der Waals surface area contributed by atoms with E-state index in [2.05, 4.69) is 0 Å². The summed E-state index contributed by atoms with van der Waals surface area (Å²) in [7, 11) is 0. The Morgan fingerprint density at radius 2 is 2.11 bits per heavy atom. The molecule has 0 aliphatic rings. The van der Waals surface area contributed by atoms with Gasteiger partial charge in [0.1, 0.15) is 0 Å². The molecule has 0 saturated carbocycles. The van der Waals surface area contributed by atoms with Crippen molar-refractivity contribution in [2.75, 3.05) is 0 Å². The van der Waals surface area contributed by atoms with Gasteiger partial charge in [-0.05, 0) is 24.2 Å². The lowest BCUT2D eigenvalue weighted by Crippen LogP contribution is -1.75. The van der Waals surface area contributed by atoms with Crippen LogP contribution in [0.15, 0.2) is 42.7 Å². The van der Waals surface area contributed by atoms with Crippen molar-refractivity contribution in [1.29, 1.82) is 0 Å². The number of aromatic nitrogens is 1. The molecule has 44 valence electrons. The highest BCUT2D eigenvalue weighted by atomic mass is 14.8. The molecule has 0 saturated heterocycles. The molecule has 2 aromatic rings. The van der Waals surface area contributed by atoms with Gasteiger partial charge in [-0.1, -0.05) is 6.07 Å². The van der Waals surface area contributed by atoms with E-state index in [0.717, 1.165) is 5.52 Å². The first kappa shape index (κ1) is 3.72. The van der Waals surface area contributed by atoms with Crippen molar-refractivity contribution in [2.45, 2.75) is 0 Å². The first-order valence-corrected chi connectivity index (χ1v) is 2.90. The summed E-state index contributed by atoms with van der Waals surface area (Å²) in [6.07, 6.45) is 3.82. The summed E-state index contributed by atoms with van der Waals surface area (Å²) in [5.74, 6) is 0. The summed E-state index contributed by atoms with van der Waals surface area (Å²) in [6.45, 7) is 0. The Morgan fingerprint density at radius 3 is 3.00 bits per heavy atom. The summed E-state index contributed by atoms with van der Waals surface area (Å²) >= 11 is 0. The van der Waals surface area contributed by atoms with Crippen LogP contribution in [0.25, 0.3) is 5.52 Å². The molecular weight excluding hydrogens is 110 g/mol. The van der Waals surface area contributed by atoms with Crippen LogP contribution in [0.1, 0.15) is 1.37 Å². The highest BCUT2D eigenvalue weighted by molar-refractivity contribution is 5.46. The Balaban J connectivity index is 2.93. The van der Waals surface area contributed by atoms with Crippen molar-refractivity contribution in [1.82, 2.24) is 4.40 Å². The Morgan fingerprint density at radius 1 is 1.22 bits per heavy atom. The van der Waals surface area contributed by atoms with E-state index in [9.17, 15) is 0 Å². The van der Waals surface area contributed by atoms with Gasteiger partial charge in [-0.3, -0.25) is 0 Å². The molecule has 0 amide bonds. The summed E-state index contributed by atoms with van der Waals surface area (Å²) in [6, 6.07) is 8.19. The van der Waals surface area contributed by atoms with Crippen molar-refractivity contribution >= 4 is 5.52 Å². The second-order valence-corrected chi connectivity index (χ2v) is 1.95. The molecule has 0 fully saturated rings. The van der Waals surface area contributed by atoms with E-state index >= 15 is 0 Å². The summed E-state index contributed by atoms with van der Waals surface area (Å²) < 4.78 is 9.36. The molecule has 1 nitrogen and oxygen atoms in total. The number of hydrogen-bond acceptors (Lipinski definition) is 0. The van der Waals surface area contributed by atoms with Crippen LogP contribution in [0.3, 0.4) is 0 Å². The maximum absolute atomic E-state index is 7.42. The maximum atomic E-state index is 7.42. The Labute approximate surface area is 55.0 Å². The van der Waals surface area contributed by atoms with Crippen molar-refractivity contribution in [2.24, 2.45) is 0 Å². The van der Waals surface area contributed by atoms with E-state index < -0.39 is 0 Å². The third kappa shape index (κ3) is 0.617. The first-order chi connectivity index (χ1) is 4.88. The van der Waals surface area contributed by atoms with Gasteiger partial charge >= 0.3 is 0 Å². The fourth-order valence-corrected chi connectivity index (χ4v) is 0.911. The highest BCUT2D eigenvalue weighted by Crippen LogP contribution is 2.01. The molecule has 0 spiro atoms. The lowest BCUT2D eigenvalue weighted by molar-refractivity contribution is 1.20. The van der Waals surface area contributed by atoms with Crippen LogP contribution in [-0.2, 0) is 0 Å². The zero-order chi connectivity index (χ0) is 6.97. The second kappa shape index (κ2) is 1.62. The van der Waals surface area contributed by atoms with E-state index in [-0.39, 0.29) is 0 Å². The fraction of sp³-hybridized carbons (Fsp3) is 0. The topological polar surface area (TPSA) is 4.41 Å². The molecule has 1 heteroatoms. The monoisotopic (exact) mass is 118 g/mol. The number of hydrogen-bond donors (Lipinski definition) is 0. The Kier molecular flexibility index (Phi) is 0.671. The molecular formula is C8H7N. The summed E-state index contributed by atoms with van der Waals surface area (Å²) in [4.78, 5) is 0. The van der Waals surface area contributed by atoms with Gasteiger partial charge in [0.15, 0.2) is 0 Å². The second-order valence-electron chi connectivity index (χ2n) is 1.95. The van der Waals surface area contributed by atoms with Gasteiger partial charge in [-0.25, -0.2) is 0 Å². The number of fused-ring (bicyclic) bond motifs is 1. The number of nitrogens with zero attached hydrogens (tertiary/aromatic N) is 1. The van der Waals surface area contributed by atoms with Crippen LogP contribution >= 0.6 is 0 Å². The quantitative estimate of drug-likeness (QED) is 0.498. The Hall–Kier alpha value is -1.24. The zero-order valence-corrected chi connectivity index (χ0v) is 4.91. The van der Waals surface area contributed by atoms with E-state index in [1.54, 1.807) is 6.07 Å². The average molecular weight is 118 g/mol. The van der Waals surface area contributed by atoms with Gasteiger partial charge in [0.2, 0.25) is 0 Å². The van der Waals surface area contributed by atoms with Crippen LogP contribution in [0.2, 0.25) is 0 Å². The third-order valence-electron chi connectivity index (χ3n) is 1.36. The van der Waals surface area contributed by atoms with Gasteiger partial charge in [0.05, 0.1) is 1.37 Å². The van der Waals surface area contributed by atoms with Crippen molar-refractivity contribution in [3.05, 3.63) is 42.7 Å². The van der Waals surface area contributed by atoms with E-state index in [0.29, 0.717) is 6.04 Å². The minimum atomic E-state index is 0.584. The summed E-state index contributed by atoms with van der Waals surface area (Å²) in [5, 5.41) is 0. The highest BCUT2D eigenvalue weighted by Gasteiger charge is 1.83. The molecule has 0 unspecified atom stereocenters. The number of pyridine rings is 1. The Bertz CT molecular complexity index is 351. The van der Waals surface area contributed by atoms with E-state index in [1.165, 1.54) is 0 Å². The van der Waals surface area contributed by atoms with Crippen LogP contribution in [0, 0.1) is 0 Å². The lowest BCUT2D eigenvalue weighted by atomic mass is 10.4. The van der Waals surface area contributed by atoms with Crippen LogP contribution in [0.4, 0.5) is 0 Å². The van der Waals surface area contributed by atoms with Crippen molar-refractivity contribution in [3.63, 3.8) is 0 Å². The standard InChI is InChI=1S/C8H7N/c1-2-6-9-7-3-5-8(9)4-1/h1-7H/i5D. The molecule has 0 radical (unpaired) electrons. The first-order valence-electron chi connectivity index (χ1n) is 3.40. The average Bonchev–Trinajstić information content (AvgIpc) is 2.34. The molecule has 2 rings (SSSR count). The van der Waals surface area contributed by atoms with Gasteiger partial charge in [0.25, 0.3) is 0 Å². The molecule has 0 bridgehead atoms. The number of rotatable bonds is 0. The van der Waals surface area contributed by atoms with Crippen molar-refractivity contribution < 1.29 is 1.37 Å². The van der Waals surface area contributed by atoms with Gasteiger partial charge < -0.3 is 4.40 Å². The van der Waals surface area contributed by atoms with Crippen LogP contribution in [-0.4, -0.2) is 4.40 Å². The molecule has 2 aromatic heterocycles. The van der Waals surface area contributed by atoms with Gasteiger partial charge in [0, 0.05) is 17.9 Å². The largest absolute Gasteiger partial charge is 0.324 e. The van der Waals surface area contributed by atoms with Crippen LogP contribution < -0.4 is 0 Å². The predicted molar refractivity (Wildman–Crippen MR) is 37.4 cm³/mol. The summed E-state index contributed by atoms with van der Waals surface area (Å²) in [5.41, 5.74) is 0.961. The van der Waals surface area contributed by atoms with Crippen LogP contribution in [0.5, 0.6) is 0 Å². The molecule has 2 heterocycles. The predicted octanol–water partition coefficient (Wildman–Crippen LogP) is 1.94. The molecule has 0 aromatic carbocycles. The molecule has 0 atom stereocenters. The molecule has 0 N–H and O–H groups in total. The van der Waals surface area contributed by atoms with E-state index in [1.807, 2.05) is 35.0 Å².